The first-order chi connectivity index (χ1) is 9.18. The molecule has 0 aromatic carbocycles. The average Bonchev–Trinajstić information content (AvgIpc) is 2.45. The normalized spacial score (nSPS) is 15.7. The molecule has 1 aromatic heterocycles. The van der Waals surface area contributed by atoms with E-state index in [-0.39, 0.29) is 5.91 Å². The largest absolute Gasteiger partial charge is 0.478 e. The molecule has 1 aromatic rings. The van der Waals surface area contributed by atoms with Crippen LogP contribution < -0.4 is 0 Å². The first-order valence-electron chi connectivity index (χ1n) is 5.91. The van der Waals surface area contributed by atoms with E-state index in [2.05, 4.69) is 4.98 Å². The van der Waals surface area contributed by atoms with Gasteiger partial charge in [-0.05, 0) is 12.1 Å². The molecule has 100 valence electrons. The summed E-state index contributed by atoms with van der Waals surface area (Å²) in [6, 6.07) is 3.38. The number of pyridine rings is 1. The second-order valence-corrected chi connectivity index (χ2v) is 5.24. The maximum Gasteiger partial charge on any atom is 0.328 e. The van der Waals surface area contributed by atoms with Crippen molar-refractivity contribution < 1.29 is 14.7 Å². The zero-order valence-corrected chi connectivity index (χ0v) is 11.1. The first kappa shape index (κ1) is 13.6. The van der Waals surface area contributed by atoms with Crippen molar-refractivity contribution in [3.63, 3.8) is 0 Å². The highest BCUT2D eigenvalue weighted by atomic mass is 32.2. The molecule has 6 heteroatoms. The van der Waals surface area contributed by atoms with Gasteiger partial charge in [-0.25, -0.2) is 4.79 Å². The molecule has 5 nitrogen and oxygen atoms in total. The van der Waals surface area contributed by atoms with Gasteiger partial charge >= 0.3 is 5.97 Å². The summed E-state index contributed by atoms with van der Waals surface area (Å²) in [6.45, 7) is 1.42. The van der Waals surface area contributed by atoms with Gasteiger partial charge in [0.05, 0.1) is 0 Å². The standard InChI is InChI=1S/C13H14N2O3S/c16-11(17)4-3-10-2-1-5-14-12(10)13(18)15-6-8-19-9-7-15/h1-5H,6-9H2,(H,16,17)/b4-3+. The quantitative estimate of drug-likeness (QED) is 0.846. The fraction of sp³-hybridized carbons (Fsp3) is 0.308. The highest BCUT2D eigenvalue weighted by molar-refractivity contribution is 7.99. The molecule has 1 saturated heterocycles. The highest BCUT2D eigenvalue weighted by Gasteiger charge is 2.21. The van der Waals surface area contributed by atoms with Gasteiger partial charge in [-0.3, -0.25) is 9.78 Å². The molecule has 1 amide bonds. The van der Waals surface area contributed by atoms with Crippen LogP contribution in [0.3, 0.4) is 0 Å². The van der Waals surface area contributed by atoms with Gasteiger partial charge in [0, 0.05) is 42.4 Å². The zero-order chi connectivity index (χ0) is 13.7. The summed E-state index contributed by atoms with van der Waals surface area (Å²) in [6.07, 6.45) is 3.96. The van der Waals surface area contributed by atoms with Gasteiger partial charge in [-0.2, -0.15) is 11.8 Å². The summed E-state index contributed by atoms with van der Waals surface area (Å²) in [7, 11) is 0. The molecule has 1 N–H and O–H groups in total. The lowest BCUT2D eigenvalue weighted by Crippen LogP contribution is -2.38. The molecule has 0 atom stereocenters. The van der Waals surface area contributed by atoms with Gasteiger partial charge in [0.15, 0.2) is 0 Å². The Kier molecular flexibility index (Phi) is 4.57. The van der Waals surface area contributed by atoms with E-state index >= 15 is 0 Å². The molecule has 1 fully saturated rings. The van der Waals surface area contributed by atoms with Gasteiger partial charge in [0.2, 0.25) is 0 Å². The third-order valence-electron chi connectivity index (χ3n) is 2.75. The second kappa shape index (κ2) is 6.38. The Morgan fingerprint density at radius 1 is 1.37 bits per heavy atom. The number of hydrogen-bond acceptors (Lipinski definition) is 4. The van der Waals surface area contributed by atoms with Crippen molar-refractivity contribution in [2.75, 3.05) is 24.6 Å². The van der Waals surface area contributed by atoms with Crippen LogP contribution in [0.15, 0.2) is 24.4 Å². The van der Waals surface area contributed by atoms with Crippen LogP contribution in [0.2, 0.25) is 0 Å². The number of carbonyl (C=O) groups excluding carboxylic acids is 1. The van der Waals surface area contributed by atoms with E-state index in [9.17, 15) is 9.59 Å². The number of hydrogen-bond donors (Lipinski definition) is 1. The fourth-order valence-corrected chi connectivity index (χ4v) is 2.71. The smallest absolute Gasteiger partial charge is 0.328 e. The topological polar surface area (TPSA) is 70.5 Å². The minimum atomic E-state index is -1.04. The predicted molar refractivity (Wildman–Crippen MR) is 74.1 cm³/mol. The molecule has 0 saturated carbocycles. The molecule has 1 aliphatic rings. The molecule has 19 heavy (non-hydrogen) atoms. The van der Waals surface area contributed by atoms with Gasteiger partial charge in [0.1, 0.15) is 5.69 Å². The number of nitrogens with zero attached hydrogens (tertiary/aromatic N) is 2. The number of aromatic nitrogens is 1. The van der Waals surface area contributed by atoms with Crippen molar-refractivity contribution in [3.05, 3.63) is 35.7 Å². The number of carbonyl (C=O) groups is 2. The molecule has 0 unspecified atom stereocenters. The molecule has 1 aliphatic heterocycles. The van der Waals surface area contributed by atoms with Crippen molar-refractivity contribution in [2.24, 2.45) is 0 Å². The minimum absolute atomic E-state index is 0.133. The summed E-state index contributed by atoms with van der Waals surface area (Å²) >= 11 is 1.82. The Labute approximate surface area is 115 Å². The van der Waals surface area contributed by atoms with E-state index in [1.807, 2.05) is 11.8 Å². The van der Waals surface area contributed by atoms with E-state index < -0.39 is 5.97 Å². The molecule has 0 bridgehead atoms. The lowest BCUT2D eigenvalue weighted by atomic mass is 10.1. The number of carboxylic acid groups (broad SMARTS) is 1. The van der Waals surface area contributed by atoms with Crippen molar-refractivity contribution in [3.8, 4) is 0 Å². The molecule has 2 rings (SSSR count). The number of thioether (sulfide) groups is 1. The van der Waals surface area contributed by atoms with Gasteiger partial charge in [-0.15, -0.1) is 0 Å². The van der Waals surface area contributed by atoms with Crippen LogP contribution in [-0.2, 0) is 4.79 Å². The van der Waals surface area contributed by atoms with Crippen LogP contribution in [0.1, 0.15) is 16.1 Å². The summed E-state index contributed by atoms with van der Waals surface area (Å²) in [5, 5.41) is 8.65. The Balaban J connectivity index is 2.23. The van der Waals surface area contributed by atoms with Gasteiger partial charge in [0.25, 0.3) is 5.91 Å². The average molecular weight is 278 g/mol. The van der Waals surface area contributed by atoms with E-state index in [1.165, 1.54) is 6.08 Å². The minimum Gasteiger partial charge on any atom is -0.478 e. The highest BCUT2D eigenvalue weighted by Crippen LogP contribution is 2.15. The Morgan fingerprint density at radius 2 is 2.11 bits per heavy atom. The van der Waals surface area contributed by atoms with Crippen LogP contribution in [0.25, 0.3) is 6.08 Å². The number of rotatable bonds is 3. The zero-order valence-electron chi connectivity index (χ0n) is 10.3. The van der Waals surface area contributed by atoms with Crippen LogP contribution in [0, 0.1) is 0 Å². The Hall–Kier alpha value is -1.82. The van der Waals surface area contributed by atoms with E-state index in [0.29, 0.717) is 24.3 Å². The van der Waals surface area contributed by atoms with Crippen molar-refractivity contribution in [2.45, 2.75) is 0 Å². The molecule has 2 heterocycles. The summed E-state index contributed by atoms with van der Waals surface area (Å²) in [5.41, 5.74) is 0.847. The lowest BCUT2D eigenvalue weighted by Gasteiger charge is -2.26. The van der Waals surface area contributed by atoms with Crippen LogP contribution in [0.4, 0.5) is 0 Å². The maximum absolute atomic E-state index is 12.3. The van der Waals surface area contributed by atoms with Crippen molar-refractivity contribution >= 4 is 29.7 Å². The number of amides is 1. The SMILES string of the molecule is O=C(O)/C=C/c1cccnc1C(=O)N1CCSCC1. The first-order valence-corrected chi connectivity index (χ1v) is 7.07. The van der Waals surface area contributed by atoms with Crippen LogP contribution in [0.5, 0.6) is 0 Å². The van der Waals surface area contributed by atoms with Gasteiger partial charge in [-0.1, -0.05) is 6.07 Å². The number of aliphatic carboxylic acids is 1. The second-order valence-electron chi connectivity index (χ2n) is 4.02. The summed E-state index contributed by atoms with van der Waals surface area (Å²) in [5.74, 6) is 0.681. The predicted octanol–water partition coefficient (Wildman–Crippen LogP) is 1.37. The van der Waals surface area contributed by atoms with E-state index in [0.717, 1.165) is 17.6 Å². The fourth-order valence-electron chi connectivity index (χ4n) is 1.81. The summed E-state index contributed by atoms with van der Waals surface area (Å²) < 4.78 is 0. The third-order valence-corrected chi connectivity index (χ3v) is 3.69. The number of carboxylic acids is 1. The Morgan fingerprint density at radius 3 is 2.79 bits per heavy atom. The lowest BCUT2D eigenvalue weighted by molar-refractivity contribution is -0.131. The molecule has 0 spiro atoms. The maximum atomic E-state index is 12.3. The third kappa shape index (κ3) is 3.57. The molecular weight excluding hydrogens is 264 g/mol. The van der Waals surface area contributed by atoms with E-state index in [4.69, 9.17) is 5.11 Å². The monoisotopic (exact) mass is 278 g/mol. The molecular formula is C13H14N2O3S. The van der Waals surface area contributed by atoms with E-state index in [1.54, 1.807) is 23.2 Å². The molecule has 0 aliphatic carbocycles. The van der Waals surface area contributed by atoms with Crippen molar-refractivity contribution in [1.29, 1.82) is 0 Å². The van der Waals surface area contributed by atoms with Crippen LogP contribution >= 0.6 is 11.8 Å². The van der Waals surface area contributed by atoms with Crippen molar-refractivity contribution in [1.82, 2.24) is 9.88 Å². The van der Waals surface area contributed by atoms with Gasteiger partial charge < -0.3 is 10.0 Å². The Bertz CT molecular complexity index is 510. The van der Waals surface area contributed by atoms with Crippen LogP contribution in [-0.4, -0.2) is 51.5 Å². The molecule has 0 radical (unpaired) electrons. The summed E-state index contributed by atoms with van der Waals surface area (Å²) in [4.78, 5) is 28.7.